The molecule has 0 bridgehead atoms. The molecule has 1 unspecified atom stereocenters. The lowest BCUT2D eigenvalue weighted by Gasteiger charge is -2.16. The molecule has 1 aromatic heterocycles. The highest BCUT2D eigenvalue weighted by atomic mass is 16.5. The van der Waals surface area contributed by atoms with Gasteiger partial charge in [-0.3, -0.25) is 9.59 Å². The Kier molecular flexibility index (Phi) is 4.70. The molecular formula is C19H21N3O3. The summed E-state index contributed by atoms with van der Waals surface area (Å²) in [4.78, 5) is 28.4. The highest BCUT2D eigenvalue weighted by molar-refractivity contribution is 5.99. The van der Waals surface area contributed by atoms with Crippen molar-refractivity contribution >= 4 is 17.5 Å². The fourth-order valence-electron chi connectivity index (χ4n) is 2.83. The third-order valence-corrected chi connectivity index (χ3v) is 4.13. The third kappa shape index (κ3) is 3.63. The maximum atomic E-state index is 12.6. The average molecular weight is 339 g/mol. The van der Waals surface area contributed by atoms with Crippen LogP contribution in [0, 0.1) is 6.92 Å². The summed E-state index contributed by atoms with van der Waals surface area (Å²) < 4.78 is 5.48. The number of rotatable bonds is 5. The van der Waals surface area contributed by atoms with E-state index in [4.69, 9.17) is 4.74 Å². The van der Waals surface area contributed by atoms with Gasteiger partial charge in [0.15, 0.2) is 0 Å². The van der Waals surface area contributed by atoms with Gasteiger partial charge in [0.1, 0.15) is 5.56 Å². The lowest BCUT2D eigenvalue weighted by Crippen LogP contribution is -2.27. The minimum absolute atomic E-state index is 0.00377. The molecule has 25 heavy (non-hydrogen) atoms. The van der Waals surface area contributed by atoms with E-state index in [0.717, 1.165) is 22.5 Å². The molecule has 2 aromatic rings. The van der Waals surface area contributed by atoms with Crippen molar-refractivity contribution in [2.75, 3.05) is 11.9 Å². The monoisotopic (exact) mass is 339 g/mol. The molecule has 1 aliphatic heterocycles. The summed E-state index contributed by atoms with van der Waals surface area (Å²) >= 11 is 0. The zero-order valence-corrected chi connectivity index (χ0v) is 14.6. The van der Waals surface area contributed by atoms with Crippen molar-refractivity contribution < 1.29 is 14.3 Å². The SMILES string of the molecule is CCOc1nc(C)ccc1C(=O)NC(C)c1ccc2c(c1)CC(=O)N2. The van der Waals surface area contributed by atoms with Gasteiger partial charge in [0.2, 0.25) is 11.8 Å². The molecule has 6 nitrogen and oxygen atoms in total. The van der Waals surface area contributed by atoms with Gasteiger partial charge >= 0.3 is 0 Å². The van der Waals surface area contributed by atoms with Gasteiger partial charge in [-0.05, 0) is 50.1 Å². The van der Waals surface area contributed by atoms with Crippen molar-refractivity contribution in [2.45, 2.75) is 33.2 Å². The van der Waals surface area contributed by atoms with Crippen LogP contribution in [0.2, 0.25) is 0 Å². The van der Waals surface area contributed by atoms with E-state index in [1.807, 2.05) is 39.0 Å². The van der Waals surface area contributed by atoms with Crippen molar-refractivity contribution in [3.63, 3.8) is 0 Å². The molecule has 0 saturated carbocycles. The molecule has 2 amide bonds. The van der Waals surface area contributed by atoms with Gasteiger partial charge in [-0.2, -0.15) is 0 Å². The van der Waals surface area contributed by atoms with Crippen molar-refractivity contribution in [3.05, 3.63) is 52.7 Å². The Morgan fingerprint density at radius 3 is 2.92 bits per heavy atom. The van der Waals surface area contributed by atoms with Crippen molar-refractivity contribution in [3.8, 4) is 5.88 Å². The Balaban J connectivity index is 1.77. The van der Waals surface area contributed by atoms with E-state index in [0.29, 0.717) is 24.5 Å². The Hall–Kier alpha value is -2.89. The summed E-state index contributed by atoms with van der Waals surface area (Å²) in [5, 5.41) is 5.77. The van der Waals surface area contributed by atoms with E-state index in [-0.39, 0.29) is 17.9 Å². The second kappa shape index (κ2) is 6.93. The maximum absolute atomic E-state index is 12.6. The first-order valence-corrected chi connectivity index (χ1v) is 8.32. The number of aryl methyl sites for hydroxylation is 1. The molecule has 0 radical (unpaired) electrons. The van der Waals surface area contributed by atoms with Crippen LogP contribution >= 0.6 is 0 Å². The quantitative estimate of drug-likeness (QED) is 0.878. The number of ether oxygens (including phenoxy) is 1. The Morgan fingerprint density at radius 2 is 2.16 bits per heavy atom. The van der Waals surface area contributed by atoms with Crippen LogP contribution in [0.1, 0.15) is 47.1 Å². The van der Waals surface area contributed by atoms with E-state index in [2.05, 4.69) is 15.6 Å². The Bertz CT molecular complexity index is 833. The number of aromatic nitrogens is 1. The number of hydrogen-bond acceptors (Lipinski definition) is 4. The fourth-order valence-corrected chi connectivity index (χ4v) is 2.83. The van der Waals surface area contributed by atoms with E-state index in [1.54, 1.807) is 12.1 Å². The van der Waals surface area contributed by atoms with E-state index >= 15 is 0 Å². The average Bonchev–Trinajstić information content (AvgIpc) is 2.94. The zero-order chi connectivity index (χ0) is 18.0. The van der Waals surface area contributed by atoms with Crippen LogP contribution in [-0.2, 0) is 11.2 Å². The molecular weight excluding hydrogens is 318 g/mol. The standard InChI is InChI=1S/C19H21N3O3/c1-4-25-19-15(7-5-11(2)20-19)18(24)21-12(3)13-6-8-16-14(9-13)10-17(23)22-16/h5-9,12H,4,10H2,1-3H3,(H,21,24)(H,22,23). The summed E-state index contributed by atoms with van der Waals surface area (Å²) in [7, 11) is 0. The van der Waals surface area contributed by atoms with Crippen LogP contribution in [0.4, 0.5) is 5.69 Å². The highest BCUT2D eigenvalue weighted by Gasteiger charge is 2.21. The molecule has 1 atom stereocenters. The van der Waals surface area contributed by atoms with Gasteiger partial charge in [-0.1, -0.05) is 12.1 Å². The van der Waals surface area contributed by atoms with Crippen LogP contribution in [0.3, 0.4) is 0 Å². The topological polar surface area (TPSA) is 80.3 Å². The minimum Gasteiger partial charge on any atom is -0.477 e. The molecule has 0 aliphatic carbocycles. The second-order valence-corrected chi connectivity index (χ2v) is 6.08. The number of pyridine rings is 1. The molecule has 0 saturated heterocycles. The van der Waals surface area contributed by atoms with Gasteiger partial charge in [-0.25, -0.2) is 4.98 Å². The van der Waals surface area contributed by atoms with Crippen LogP contribution in [-0.4, -0.2) is 23.4 Å². The number of carbonyl (C=O) groups excluding carboxylic acids is 2. The largest absolute Gasteiger partial charge is 0.477 e. The third-order valence-electron chi connectivity index (χ3n) is 4.13. The molecule has 1 aliphatic rings. The zero-order valence-electron chi connectivity index (χ0n) is 14.6. The first-order valence-electron chi connectivity index (χ1n) is 8.32. The molecule has 1 aromatic carbocycles. The number of anilines is 1. The predicted molar refractivity (Wildman–Crippen MR) is 94.8 cm³/mol. The number of nitrogens with one attached hydrogen (secondary N) is 2. The van der Waals surface area contributed by atoms with Gasteiger partial charge in [0, 0.05) is 11.4 Å². The normalized spacial score (nSPS) is 13.8. The van der Waals surface area contributed by atoms with Crippen LogP contribution in [0.15, 0.2) is 30.3 Å². The van der Waals surface area contributed by atoms with Gasteiger partial charge in [0.25, 0.3) is 5.91 Å². The number of hydrogen-bond donors (Lipinski definition) is 2. The van der Waals surface area contributed by atoms with Gasteiger partial charge in [-0.15, -0.1) is 0 Å². The van der Waals surface area contributed by atoms with E-state index < -0.39 is 0 Å². The Morgan fingerprint density at radius 1 is 1.36 bits per heavy atom. The maximum Gasteiger partial charge on any atom is 0.257 e. The summed E-state index contributed by atoms with van der Waals surface area (Å²) in [5.74, 6) is 0.102. The van der Waals surface area contributed by atoms with Crippen molar-refractivity contribution in [1.82, 2.24) is 10.3 Å². The number of amides is 2. The summed E-state index contributed by atoms with van der Waals surface area (Å²) in [6.07, 6.45) is 0.375. The predicted octanol–water partition coefficient (Wildman–Crippen LogP) is 2.77. The van der Waals surface area contributed by atoms with Crippen molar-refractivity contribution in [1.29, 1.82) is 0 Å². The van der Waals surface area contributed by atoms with Crippen LogP contribution < -0.4 is 15.4 Å². The molecule has 0 spiro atoms. The number of carbonyl (C=O) groups is 2. The fraction of sp³-hybridized carbons (Fsp3) is 0.316. The molecule has 130 valence electrons. The first kappa shape index (κ1) is 17.0. The van der Waals surface area contributed by atoms with Crippen LogP contribution in [0.5, 0.6) is 5.88 Å². The summed E-state index contributed by atoms with van der Waals surface area (Å²) in [6, 6.07) is 9.04. The minimum atomic E-state index is -0.238. The Labute approximate surface area is 146 Å². The first-order chi connectivity index (χ1) is 12.0. The van der Waals surface area contributed by atoms with Gasteiger partial charge in [0.05, 0.1) is 19.1 Å². The summed E-state index contributed by atoms with van der Waals surface area (Å²) in [5.41, 5.74) is 3.95. The molecule has 3 rings (SSSR count). The molecule has 2 N–H and O–H groups in total. The van der Waals surface area contributed by atoms with E-state index in [1.165, 1.54) is 0 Å². The number of benzene rings is 1. The van der Waals surface area contributed by atoms with Crippen LogP contribution in [0.25, 0.3) is 0 Å². The lowest BCUT2D eigenvalue weighted by atomic mass is 10.0. The van der Waals surface area contributed by atoms with E-state index in [9.17, 15) is 9.59 Å². The smallest absolute Gasteiger partial charge is 0.257 e. The summed E-state index contributed by atoms with van der Waals surface area (Å²) in [6.45, 7) is 6.06. The number of fused-ring (bicyclic) bond motifs is 1. The molecule has 2 heterocycles. The van der Waals surface area contributed by atoms with Gasteiger partial charge < -0.3 is 15.4 Å². The number of nitrogens with zero attached hydrogens (tertiary/aromatic N) is 1. The molecule has 0 fully saturated rings. The highest BCUT2D eigenvalue weighted by Crippen LogP contribution is 2.27. The molecule has 6 heteroatoms. The second-order valence-electron chi connectivity index (χ2n) is 6.08. The van der Waals surface area contributed by atoms with Crippen molar-refractivity contribution in [2.24, 2.45) is 0 Å². The lowest BCUT2D eigenvalue weighted by molar-refractivity contribution is -0.115.